The van der Waals surface area contributed by atoms with Crippen LogP contribution in [0.25, 0.3) is 0 Å². The molecule has 0 unspecified atom stereocenters. The van der Waals surface area contributed by atoms with Gasteiger partial charge >= 0.3 is 0 Å². The van der Waals surface area contributed by atoms with E-state index in [0.717, 1.165) is 18.5 Å². The molecule has 1 heterocycles. The minimum atomic E-state index is 0.583. The van der Waals surface area contributed by atoms with E-state index < -0.39 is 0 Å². The molecule has 1 aliphatic rings. The maximum Gasteiger partial charge on any atom is 0.150 e. The van der Waals surface area contributed by atoms with Gasteiger partial charge in [-0.3, -0.25) is 4.79 Å². The molecule has 2 nitrogen and oxygen atoms in total. The molecule has 19 heavy (non-hydrogen) atoms. The molecule has 2 aromatic rings. The third kappa shape index (κ3) is 2.82. The van der Waals surface area contributed by atoms with E-state index >= 15 is 0 Å². The molecule has 0 radical (unpaired) electrons. The van der Waals surface area contributed by atoms with Crippen LogP contribution in [0.3, 0.4) is 0 Å². The van der Waals surface area contributed by atoms with Crippen LogP contribution in [0.15, 0.2) is 35.0 Å². The Morgan fingerprint density at radius 3 is 2.79 bits per heavy atom. The molecule has 1 fully saturated rings. The SMILES string of the molecule is O=Cc1ccc(N(Cc2ccsc2)C2CC2)c(Cl)c1. The number of thiophene rings is 1. The molecule has 0 saturated heterocycles. The van der Waals surface area contributed by atoms with Crippen molar-refractivity contribution < 1.29 is 4.79 Å². The Hall–Kier alpha value is -1.32. The second-order valence-corrected chi connectivity index (χ2v) is 6.01. The zero-order valence-electron chi connectivity index (χ0n) is 10.4. The third-order valence-electron chi connectivity index (χ3n) is 3.34. The molecular weight excluding hydrogens is 278 g/mol. The lowest BCUT2D eigenvalue weighted by Crippen LogP contribution is -2.25. The smallest absolute Gasteiger partial charge is 0.150 e. The van der Waals surface area contributed by atoms with Crippen molar-refractivity contribution in [3.05, 3.63) is 51.2 Å². The highest BCUT2D eigenvalue weighted by molar-refractivity contribution is 7.07. The lowest BCUT2D eigenvalue weighted by Gasteiger charge is -2.25. The van der Waals surface area contributed by atoms with E-state index in [1.165, 1.54) is 18.4 Å². The summed E-state index contributed by atoms with van der Waals surface area (Å²) in [5.74, 6) is 0. The van der Waals surface area contributed by atoms with E-state index in [2.05, 4.69) is 21.7 Å². The minimum absolute atomic E-state index is 0.583. The summed E-state index contributed by atoms with van der Waals surface area (Å²) in [6.45, 7) is 0.883. The summed E-state index contributed by atoms with van der Waals surface area (Å²) in [7, 11) is 0. The van der Waals surface area contributed by atoms with Gasteiger partial charge < -0.3 is 4.90 Å². The number of nitrogens with zero attached hydrogens (tertiary/aromatic N) is 1. The molecule has 0 spiro atoms. The molecule has 98 valence electrons. The molecule has 0 N–H and O–H groups in total. The van der Waals surface area contributed by atoms with Crippen LogP contribution in [-0.4, -0.2) is 12.3 Å². The van der Waals surface area contributed by atoms with Crippen molar-refractivity contribution in [2.45, 2.75) is 25.4 Å². The van der Waals surface area contributed by atoms with Crippen LogP contribution in [0.4, 0.5) is 5.69 Å². The average Bonchev–Trinajstić information content (AvgIpc) is 3.14. The molecule has 0 aliphatic heterocycles. The number of halogens is 1. The van der Waals surface area contributed by atoms with Gasteiger partial charge in [0.05, 0.1) is 10.7 Å². The Labute approximate surface area is 121 Å². The van der Waals surface area contributed by atoms with E-state index in [0.29, 0.717) is 16.6 Å². The Kier molecular flexibility index (Phi) is 3.58. The first-order valence-corrected chi connectivity index (χ1v) is 7.62. The predicted molar refractivity (Wildman–Crippen MR) is 80.4 cm³/mol. The first kappa shape index (κ1) is 12.7. The van der Waals surface area contributed by atoms with Crippen molar-refractivity contribution in [1.82, 2.24) is 0 Å². The van der Waals surface area contributed by atoms with Crippen LogP contribution >= 0.6 is 22.9 Å². The van der Waals surface area contributed by atoms with Gasteiger partial charge in [0.15, 0.2) is 0 Å². The number of benzene rings is 1. The minimum Gasteiger partial charge on any atom is -0.363 e. The van der Waals surface area contributed by atoms with Gasteiger partial charge in [-0.2, -0.15) is 11.3 Å². The van der Waals surface area contributed by atoms with E-state index in [1.807, 2.05) is 12.1 Å². The number of anilines is 1. The second kappa shape index (κ2) is 5.35. The number of hydrogen-bond donors (Lipinski definition) is 0. The Morgan fingerprint density at radius 1 is 1.37 bits per heavy atom. The van der Waals surface area contributed by atoms with Crippen molar-refractivity contribution >= 4 is 34.9 Å². The number of rotatable bonds is 5. The Morgan fingerprint density at radius 2 is 2.21 bits per heavy atom. The molecular formula is C15H14ClNOS. The van der Waals surface area contributed by atoms with Crippen LogP contribution in [0.2, 0.25) is 5.02 Å². The lowest BCUT2D eigenvalue weighted by molar-refractivity contribution is 0.112. The van der Waals surface area contributed by atoms with Crippen LogP contribution in [0.5, 0.6) is 0 Å². The molecule has 1 aromatic heterocycles. The van der Waals surface area contributed by atoms with E-state index in [4.69, 9.17) is 11.6 Å². The molecule has 1 aliphatic carbocycles. The van der Waals surface area contributed by atoms with Crippen molar-refractivity contribution in [3.63, 3.8) is 0 Å². The summed E-state index contributed by atoms with van der Waals surface area (Å²) < 4.78 is 0. The highest BCUT2D eigenvalue weighted by Gasteiger charge is 2.30. The van der Waals surface area contributed by atoms with Crippen LogP contribution < -0.4 is 4.90 Å². The molecule has 3 rings (SSSR count). The van der Waals surface area contributed by atoms with Crippen molar-refractivity contribution in [2.24, 2.45) is 0 Å². The lowest BCUT2D eigenvalue weighted by atomic mass is 10.2. The predicted octanol–water partition coefficient (Wildman–Crippen LogP) is 4.38. The summed E-state index contributed by atoms with van der Waals surface area (Å²) >= 11 is 8.03. The summed E-state index contributed by atoms with van der Waals surface area (Å²) in [5, 5.41) is 4.92. The maximum absolute atomic E-state index is 10.8. The van der Waals surface area contributed by atoms with Crippen LogP contribution in [0.1, 0.15) is 28.8 Å². The summed E-state index contributed by atoms with van der Waals surface area (Å²) in [6, 6.07) is 8.26. The van der Waals surface area contributed by atoms with Crippen LogP contribution in [0, 0.1) is 0 Å². The zero-order chi connectivity index (χ0) is 13.2. The molecule has 4 heteroatoms. The summed E-state index contributed by atoms with van der Waals surface area (Å²) in [4.78, 5) is 13.1. The van der Waals surface area contributed by atoms with E-state index in [1.54, 1.807) is 17.4 Å². The summed E-state index contributed by atoms with van der Waals surface area (Å²) in [6.07, 6.45) is 3.27. The molecule has 0 bridgehead atoms. The fourth-order valence-corrected chi connectivity index (χ4v) is 3.16. The van der Waals surface area contributed by atoms with Gasteiger partial charge in [0.1, 0.15) is 6.29 Å². The third-order valence-corrected chi connectivity index (χ3v) is 4.37. The van der Waals surface area contributed by atoms with E-state index in [9.17, 15) is 4.79 Å². The Balaban J connectivity index is 1.89. The number of hydrogen-bond acceptors (Lipinski definition) is 3. The largest absolute Gasteiger partial charge is 0.363 e. The topological polar surface area (TPSA) is 20.3 Å². The second-order valence-electron chi connectivity index (χ2n) is 4.82. The standard InChI is InChI=1S/C15H14ClNOS/c16-14-7-11(9-18)1-4-15(14)17(13-2-3-13)8-12-5-6-19-10-12/h1,4-7,9-10,13H,2-3,8H2. The monoisotopic (exact) mass is 291 g/mol. The first-order chi connectivity index (χ1) is 9.28. The summed E-state index contributed by atoms with van der Waals surface area (Å²) in [5.41, 5.74) is 2.97. The van der Waals surface area contributed by atoms with Crippen molar-refractivity contribution in [3.8, 4) is 0 Å². The number of carbonyl (C=O) groups excluding carboxylic acids is 1. The van der Waals surface area contributed by atoms with Gasteiger partial charge in [-0.05, 0) is 53.4 Å². The van der Waals surface area contributed by atoms with Gasteiger partial charge in [-0.15, -0.1) is 0 Å². The van der Waals surface area contributed by atoms with E-state index in [-0.39, 0.29) is 0 Å². The normalized spacial score (nSPS) is 14.4. The molecule has 0 amide bonds. The fourth-order valence-electron chi connectivity index (χ4n) is 2.21. The van der Waals surface area contributed by atoms with Gasteiger partial charge in [-0.25, -0.2) is 0 Å². The zero-order valence-corrected chi connectivity index (χ0v) is 12.0. The molecule has 1 aromatic carbocycles. The fraction of sp³-hybridized carbons (Fsp3) is 0.267. The highest BCUT2D eigenvalue weighted by atomic mass is 35.5. The molecule has 1 saturated carbocycles. The maximum atomic E-state index is 10.8. The van der Waals surface area contributed by atoms with Crippen molar-refractivity contribution in [1.29, 1.82) is 0 Å². The number of aldehydes is 1. The highest BCUT2D eigenvalue weighted by Crippen LogP contribution is 2.37. The van der Waals surface area contributed by atoms with Gasteiger partial charge in [0.2, 0.25) is 0 Å². The quantitative estimate of drug-likeness (QED) is 0.762. The van der Waals surface area contributed by atoms with Gasteiger partial charge in [-0.1, -0.05) is 11.6 Å². The van der Waals surface area contributed by atoms with Crippen molar-refractivity contribution in [2.75, 3.05) is 4.90 Å². The Bertz CT molecular complexity index is 578. The number of carbonyl (C=O) groups is 1. The van der Waals surface area contributed by atoms with Gasteiger partial charge in [0, 0.05) is 18.2 Å². The molecule has 0 atom stereocenters. The first-order valence-electron chi connectivity index (χ1n) is 6.30. The van der Waals surface area contributed by atoms with Crippen LogP contribution in [-0.2, 0) is 6.54 Å². The average molecular weight is 292 g/mol. The van der Waals surface area contributed by atoms with Gasteiger partial charge in [0.25, 0.3) is 0 Å².